The Morgan fingerprint density at radius 2 is 0.579 bits per heavy atom. The zero-order valence-electron chi connectivity index (χ0n) is 26.3. The molecule has 0 heterocycles. The lowest BCUT2D eigenvalue weighted by atomic mass is 10.0. The standard InChI is InChI=1S/2C17H34O2/c2*1-3-4-5-6-7-8-9-10-11-12-13-14-15-16(2)17(18)19/h2*16H,3-15H2,1-2H3,(H,18,19). The molecule has 0 radical (unpaired) electrons. The first-order valence-corrected chi connectivity index (χ1v) is 16.8. The van der Waals surface area contributed by atoms with Crippen molar-refractivity contribution in [2.24, 2.45) is 11.8 Å². The summed E-state index contributed by atoms with van der Waals surface area (Å²) in [5, 5.41) is 17.5. The molecule has 0 aliphatic rings. The topological polar surface area (TPSA) is 74.6 Å². The zero-order chi connectivity index (χ0) is 28.7. The second kappa shape index (κ2) is 32.2. The fraction of sp³-hybridized carbons (Fsp3) is 0.941. The Labute approximate surface area is 238 Å². The van der Waals surface area contributed by atoms with Crippen molar-refractivity contribution >= 4 is 11.9 Å². The molecule has 0 saturated carbocycles. The number of rotatable bonds is 28. The summed E-state index contributed by atoms with van der Waals surface area (Å²) in [5.74, 6) is -1.63. The van der Waals surface area contributed by atoms with Crippen molar-refractivity contribution in [2.45, 2.75) is 195 Å². The van der Waals surface area contributed by atoms with Crippen LogP contribution in [0.1, 0.15) is 195 Å². The first kappa shape index (κ1) is 39.1. The molecular weight excluding hydrogens is 472 g/mol. The van der Waals surface area contributed by atoms with Crippen LogP contribution in [0.4, 0.5) is 0 Å². The van der Waals surface area contributed by atoms with E-state index in [2.05, 4.69) is 13.8 Å². The van der Waals surface area contributed by atoms with Gasteiger partial charge in [0.2, 0.25) is 0 Å². The molecule has 0 rings (SSSR count). The summed E-state index contributed by atoms with van der Waals surface area (Å²) in [6.07, 6.45) is 33.7. The Balaban J connectivity index is 0. The maximum atomic E-state index is 10.6. The van der Waals surface area contributed by atoms with Crippen LogP contribution in [0.15, 0.2) is 0 Å². The summed E-state index contributed by atoms with van der Waals surface area (Å²) in [6.45, 7) is 8.14. The highest BCUT2D eigenvalue weighted by atomic mass is 16.4. The molecule has 4 nitrogen and oxygen atoms in total. The molecule has 2 N–H and O–H groups in total. The van der Waals surface area contributed by atoms with Crippen molar-refractivity contribution in [3.05, 3.63) is 0 Å². The number of hydrogen-bond acceptors (Lipinski definition) is 2. The van der Waals surface area contributed by atoms with Crippen molar-refractivity contribution < 1.29 is 19.8 Å². The molecular formula is C34H68O4. The van der Waals surface area contributed by atoms with Gasteiger partial charge < -0.3 is 10.2 Å². The number of carboxylic acids is 2. The van der Waals surface area contributed by atoms with E-state index in [1.165, 1.54) is 141 Å². The third-order valence-electron chi connectivity index (χ3n) is 7.82. The lowest BCUT2D eigenvalue weighted by Crippen LogP contribution is -2.08. The summed E-state index contributed by atoms with van der Waals surface area (Å²) >= 11 is 0. The average Bonchev–Trinajstić information content (AvgIpc) is 2.89. The predicted octanol–water partition coefficient (Wildman–Crippen LogP) is 11.6. The average molecular weight is 541 g/mol. The zero-order valence-corrected chi connectivity index (χ0v) is 26.3. The molecule has 0 bridgehead atoms. The number of carbonyl (C=O) groups is 2. The Kier molecular flexibility index (Phi) is 33.1. The summed E-state index contributed by atoms with van der Waals surface area (Å²) in [7, 11) is 0. The molecule has 0 aromatic carbocycles. The minimum Gasteiger partial charge on any atom is -0.481 e. The van der Waals surface area contributed by atoms with Gasteiger partial charge in [-0.2, -0.15) is 0 Å². The maximum absolute atomic E-state index is 10.6. The fourth-order valence-corrected chi connectivity index (χ4v) is 4.83. The van der Waals surface area contributed by atoms with Gasteiger partial charge in [0.05, 0.1) is 11.8 Å². The summed E-state index contributed by atoms with van der Waals surface area (Å²) in [5.41, 5.74) is 0. The number of hydrogen-bond donors (Lipinski definition) is 2. The highest BCUT2D eigenvalue weighted by molar-refractivity contribution is 5.69. The van der Waals surface area contributed by atoms with E-state index in [1.807, 2.05) is 0 Å². The van der Waals surface area contributed by atoms with Crippen molar-refractivity contribution in [2.75, 3.05) is 0 Å². The summed E-state index contributed by atoms with van der Waals surface area (Å²) in [4.78, 5) is 21.3. The van der Waals surface area contributed by atoms with Crippen LogP contribution >= 0.6 is 0 Å². The van der Waals surface area contributed by atoms with Gasteiger partial charge in [-0.15, -0.1) is 0 Å². The third-order valence-corrected chi connectivity index (χ3v) is 7.82. The normalized spacial score (nSPS) is 12.5. The molecule has 0 aliphatic carbocycles. The lowest BCUT2D eigenvalue weighted by molar-refractivity contribution is -0.142. The SMILES string of the molecule is CCCCCCCCCCCCCCC(C)C(=O)O.CCCCCCCCCCCCCCC(C)C(=O)O. The van der Waals surface area contributed by atoms with E-state index in [4.69, 9.17) is 10.2 Å². The first-order valence-electron chi connectivity index (χ1n) is 16.8. The quantitative estimate of drug-likeness (QED) is 0.0967. The van der Waals surface area contributed by atoms with Gasteiger partial charge in [-0.25, -0.2) is 0 Å². The fourth-order valence-electron chi connectivity index (χ4n) is 4.83. The molecule has 4 heteroatoms. The van der Waals surface area contributed by atoms with E-state index >= 15 is 0 Å². The smallest absolute Gasteiger partial charge is 0.306 e. The van der Waals surface area contributed by atoms with E-state index in [-0.39, 0.29) is 11.8 Å². The van der Waals surface area contributed by atoms with Crippen LogP contribution in [0.3, 0.4) is 0 Å². The molecule has 0 aliphatic heterocycles. The highest BCUT2D eigenvalue weighted by Gasteiger charge is 2.10. The number of carboxylic acid groups (broad SMARTS) is 2. The van der Waals surface area contributed by atoms with E-state index in [9.17, 15) is 9.59 Å². The molecule has 0 aromatic rings. The van der Waals surface area contributed by atoms with Crippen LogP contribution in [0.5, 0.6) is 0 Å². The van der Waals surface area contributed by atoms with Crippen molar-refractivity contribution in [3.63, 3.8) is 0 Å². The molecule has 0 fully saturated rings. The number of aliphatic carboxylic acids is 2. The van der Waals surface area contributed by atoms with E-state index < -0.39 is 11.9 Å². The van der Waals surface area contributed by atoms with Crippen molar-refractivity contribution in [1.82, 2.24) is 0 Å². The molecule has 38 heavy (non-hydrogen) atoms. The van der Waals surface area contributed by atoms with E-state index in [1.54, 1.807) is 13.8 Å². The Morgan fingerprint density at radius 3 is 0.763 bits per heavy atom. The van der Waals surface area contributed by atoms with Crippen molar-refractivity contribution in [3.8, 4) is 0 Å². The molecule has 0 saturated heterocycles. The summed E-state index contributed by atoms with van der Waals surface area (Å²) in [6, 6.07) is 0. The van der Waals surface area contributed by atoms with E-state index in [0.29, 0.717) is 0 Å². The van der Waals surface area contributed by atoms with Gasteiger partial charge in [0, 0.05) is 0 Å². The largest absolute Gasteiger partial charge is 0.481 e. The van der Waals surface area contributed by atoms with Gasteiger partial charge in [-0.05, 0) is 12.8 Å². The van der Waals surface area contributed by atoms with Gasteiger partial charge in [-0.3, -0.25) is 9.59 Å². The van der Waals surface area contributed by atoms with Gasteiger partial charge >= 0.3 is 11.9 Å². The molecule has 2 unspecified atom stereocenters. The Morgan fingerprint density at radius 1 is 0.395 bits per heavy atom. The van der Waals surface area contributed by atoms with Gasteiger partial charge in [0.25, 0.3) is 0 Å². The van der Waals surface area contributed by atoms with Crippen LogP contribution in [0, 0.1) is 11.8 Å². The summed E-state index contributed by atoms with van der Waals surface area (Å²) < 4.78 is 0. The molecule has 2 atom stereocenters. The van der Waals surface area contributed by atoms with Crippen LogP contribution in [-0.2, 0) is 9.59 Å². The monoisotopic (exact) mass is 541 g/mol. The molecule has 0 aromatic heterocycles. The van der Waals surface area contributed by atoms with Crippen LogP contribution in [-0.4, -0.2) is 22.2 Å². The third kappa shape index (κ3) is 33.0. The molecule has 0 spiro atoms. The predicted molar refractivity (Wildman–Crippen MR) is 165 cm³/mol. The first-order chi connectivity index (χ1) is 18.4. The van der Waals surface area contributed by atoms with Crippen LogP contribution < -0.4 is 0 Å². The second-order valence-electron chi connectivity index (χ2n) is 11.8. The lowest BCUT2D eigenvalue weighted by Gasteiger charge is -2.05. The van der Waals surface area contributed by atoms with Gasteiger partial charge in [0.15, 0.2) is 0 Å². The van der Waals surface area contributed by atoms with Gasteiger partial charge in [-0.1, -0.05) is 182 Å². The van der Waals surface area contributed by atoms with Crippen molar-refractivity contribution in [1.29, 1.82) is 0 Å². The van der Waals surface area contributed by atoms with Crippen LogP contribution in [0.25, 0.3) is 0 Å². The highest BCUT2D eigenvalue weighted by Crippen LogP contribution is 2.15. The molecule has 228 valence electrons. The minimum atomic E-state index is -0.650. The molecule has 0 amide bonds. The van der Waals surface area contributed by atoms with Crippen LogP contribution in [0.2, 0.25) is 0 Å². The Hall–Kier alpha value is -1.06. The van der Waals surface area contributed by atoms with Gasteiger partial charge in [0.1, 0.15) is 0 Å². The second-order valence-corrected chi connectivity index (χ2v) is 11.8. The minimum absolute atomic E-state index is 0.164. The van der Waals surface area contributed by atoms with E-state index in [0.717, 1.165) is 25.7 Å². The number of unbranched alkanes of at least 4 members (excludes halogenated alkanes) is 22. The Bertz CT molecular complexity index is 447. The maximum Gasteiger partial charge on any atom is 0.306 e.